The molecule has 7 nitrogen and oxygen atoms in total. The Labute approximate surface area is 241 Å². The molecule has 2 N–H and O–H groups in total. The van der Waals surface area contributed by atoms with E-state index in [-0.39, 0.29) is 17.6 Å². The van der Waals surface area contributed by atoms with Crippen molar-refractivity contribution in [3.63, 3.8) is 0 Å². The van der Waals surface area contributed by atoms with E-state index < -0.39 is 5.92 Å². The maximum absolute atomic E-state index is 14.0. The van der Waals surface area contributed by atoms with Crippen molar-refractivity contribution >= 4 is 23.1 Å². The quantitative estimate of drug-likeness (QED) is 0.371. The van der Waals surface area contributed by atoms with Gasteiger partial charge < -0.3 is 25.0 Å². The lowest BCUT2D eigenvalue weighted by Crippen LogP contribution is -2.37. The Morgan fingerprint density at radius 1 is 0.878 bits per heavy atom. The van der Waals surface area contributed by atoms with Gasteiger partial charge in [-0.15, -0.1) is 0 Å². The minimum absolute atomic E-state index is 0.0268. The summed E-state index contributed by atoms with van der Waals surface area (Å²) in [4.78, 5) is 29.9. The van der Waals surface area contributed by atoms with Gasteiger partial charge in [-0.3, -0.25) is 9.59 Å². The highest BCUT2D eigenvalue weighted by atomic mass is 16.5. The molecule has 2 aliphatic rings. The second kappa shape index (κ2) is 11.5. The molecule has 0 bridgehead atoms. The van der Waals surface area contributed by atoms with Gasteiger partial charge in [-0.05, 0) is 73.7 Å². The molecule has 5 rings (SSSR count). The fourth-order valence-corrected chi connectivity index (χ4v) is 5.82. The lowest BCUT2D eigenvalue weighted by molar-refractivity contribution is -0.116. The molecule has 0 saturated carbocycles. The van der Waals surface area contributed by atoms with Crippen molar-refractivity contribution in [1.29, 1.82) is 0 Å². The number of methoxy groups -OCH3 is 2. The number of anilines is 2. The summed E-state index contributed by atoms with van der Waals surface area (Å²) in [7, 11) is 7.20. The highest BCUT2D eigenvalue weighted by molar-refractivity contribution is 6.10. The van der Waals surface area contributed by atoms with Gasteiger partial charge >= 0.3 is 0 Å². The van der Waals surface area contributed by atoms with Crippen LogP contribution in [0.2, 0.25) is 0 Å². The van der Waals surface area contributed by atoms with Crippen LogP contribution in [0.1, 0.15) is 48.3 Å². The zero-order valence-electron chi connectivity index (χ0n) is 24.5. The molecule has 1 amide bonds. The number of carbonyl (C=O) groups is 2. The minimum atomic E-state index is -0.480. The third-order valence-corrected chi connectivity index (χ3v) is 8.00. The third-order valence-electron chi connectivity index (χ3n) is 8.00. The monoisotopic (exact) mass is 551 g/mol. The standard InChI is InChI=1S/C34H37N3O4/c1-20-7-12-25(13-8-20)36-34(39)31-21(2)35-27-17-24(23-11-16-29(40-5)30(19-23)41-6)18-28(38)33(27)32(31)22-9-14-26(15-10-22)37(3)4/h7-16,19,24,32,35H,17-18H2,1-6H3,(H,36,39)/t24-,32-/m1/s1. The van der Waals surface area contributed by atoms with Crippen molar-refractivity contribution in [2.75, 3.05) is 38.5 Å². The Morgan fingerprint density at radius 2 is 1.54 bits per heavy atom. The van der Waals surface area contributed by atoms with Crippen LogP contribution in [0.3, 0.4) is 0 Å². The molecule has 2 atom stereocenters. The number of nitrogens with one attached hydrogen (secondary N) is 2. The molecule has 1 aliphatic carbocycles. The highest BCUT2D eigenvalue weighted by Gasteiger charge is 2.41. The lowest BCUT2D eigenvalue weighted by Gasteiger charge is -2.37. The lowest BCUT2D eigenvalue weighted by atomic mass is 9.71. The summed E-state index contributed by atoms with van der Waals surface area (Å²) in [6, 6.07) is 21.6. The second-order valence-electron chi connectivity index (χ2n) is 10.9. The number of nitrogens with zero attached hydrogens (tertiary/aromatic N) is 1. The number of amides is 1. The average molecular weight is 552 g/mol. The SMILES string of the molecule is COc1ccc([C@H]2CC(=O)C3=C(C2)NC(C)=C(C(=O)Nc2ccc(C)cc2)[C@H]3c2ccc(N(C)C)cc2)cc1OC. The van der Waals surface area contributed by atoms with Gasteiger partial charge in [0.15, 0.2) is 17.3 Å². The molecule has 0 aromatic heterocycles. The van der Waals surface area contributed by atoms with Crippen molar-refractivity contribution < 1.29 is 19.1 Å². The highest BCUT2D eigenvalue weighted by Crippen LogP contribution is 2.46. The van der Waals surface area contributed by atoms with Crippen LogP contribution in [0.4, 0.5) is 11.4 Å². The van der Waals surface area contributed by atoms with Gasteiger partial charge in [0.2, 0.25) is 0 Å². The molecule has 0 fully saturated rings. The van der Waals surface area contributed by atoms with E-state index in [1.165, 1.54) is 0 Å². The minimum Gasteiger partial charge on any atom is -0.493 e. The van der Waals surface area contributed by atoms with Crippen molar-refractivity contribution in [2.45, 2.75) is 38.5 Å². The van der Waals surface area contributed by atoms with Gasteiger partial charge in [-0.1, -0.05) is 35.9 Å². The number of ether oxygens (including phenoxy) is 2. The number of benzene rings is 3. The maximum atomic E-state index is 14.0. The largest absolute Gasteiger partial charge is 0.493 e. The molecule has 0 unspecified atom stereocenters. The topological polar surface area (TPSA) is 79.9 Å². The first-order valence-electron chi connectivity index (χ1n) is 13.8. The van der Waals surface area contributed by atoms with E-state index in [4.69, 9.17) is 9.47 Å². The first-order valence-corrected chi connectivity index (χ1v) is 13.8. The maximum Gasteiger partial charge on any atom is 0.254 e. The fraction of sp³-hybridized carbons (Fsp3) is 0.294. The van der Waals surface area contributed by atoms with Crippen molar-refractivity contribution in [3.05, 3.63) is 106 Å². The van der Waals surface area contributed by atoms with Gasteiger partial charge in [0, 0.05) is 60.3 Å². The molecule has 7 heteroatoms. The Bertz CT molecular complexity index is 1540. The van der Waals surface area contributed by atoms with Crippen LogP contribution in [0.15, 0.2) is 89.3 Å². The van der Waals surface area contributed by atoms with E-state index in [1.54, 1.807) is 14.2 Å². The Balaban J connectivity index is 1.54. The summed E-state index contributed by atoms with van der Waals surface area (Å²) in [5.41, 5.74) is 7.64. The number of allylic oxidation sites excluding steroid dienone is 3. The van der Waals surface area contributed by atoms with Crippen LogP contribution in [-0.2, 0) is 9.59 Å². The zero-order valence-corrected chi connectivity index (χ0v) is 24.5. The van der Waals surface area contributed by atoms with Crippen molar-refractivity contribution in [3.8, 4) is 11.5 Å². The first kappa shape index (κ1) is 28.0. The van der Waals surface area contributed by atoms with Gasteiger partial charge in [0.05, 0.1) is 14.2 Å². The van der Waals surface area contributed by atoms with Crippen LogP contribution >= 0.6 is 0 Å². The predicted molar refractivity (Wildman–Crippen MR) is 163 cm³/mol. The van der Waals surface area contributed by atoms with Gasteiger partial charge in [-0.25, -0.2) is 0 Å². The number of Topliss-reactive ketones (excluding diaryl/α,β-unsaturated/α-hetero) is 1. The molecule has 212 valence electrons. The summed E-state index contributed by atoms with van der Waals surface area (Å²) in [5.74, 6) is 0.597. The number of hydrogen-bond donors (Lipinski definition) is 2. The molecule has 1 aliphatic heterocycles. The number of rotatable bonds is 7. The van der Waals surface area contributed by atoms with E-state index in [2.05, 4.69) is 10.6 Å². The van der Waals surface area contributed by atoms with E-state index in [1.807, 2.05) is 99.6 Å². The van der Waals surface area contributed by atoms with E-state index >= 15 is 0 Å². The normalized spacial score (nSPS) is 18.4. The Hall–Kier alpha value is -4.52. The molecule has 1 heterocycles. The smallest absolute Gasteiger partial charge is 0.254 e. The van der Waals surface area contributed by atoms with Crippen molar-refractivity contribution in [1.82, 2.24) is 5.32 Å². The molecule has 3 aromatic carbocycles. The number of dihydropyridines is 1. The summed E-state index contributed by atoms with van der Waals surface area (Å²) >= 11 is 0. The van der Waals surface area contributed by atoms with E-state index in [0.717, 1.165) is 33.8 Å². The second-order valence-corrected chi connectivity index (χ2v) is 10.9. The zero-order chi connectivity index (χ0) is 29.3. The molecular formula is C34H37N3O4. The number of aryl methyl sites for hydroxylation is 1. The predicted octanol–water partition coefficient (Wildman–Crippen LogP) is 6.08. The number of carbonyl (C=O) groups excluding carboxylic acids is 2. The van der Waals surface area contributed by atoms with Crippen molar-refractivity contribution in [2.24, 2.45) is 0 Å². The molecule has 41 heavy (non-hydrogen) atoms. The Morgan fingerprint density at radius 3 is 2.17 bits per heavy atom. The molecule has 0 spiro atoms. The number of ketones is 1. The molecule has 3 aromatic rings. The molecule has 0 saturated heterocycles. The summed E-state index contributed by atoms with van der Waals surface area (Å²) in [6.07, 6.45) is 0.987. The summed E-state index contributed by atoms with van der Waals surface area (Å²) < 4.78 is 10.9. The third kappa shape index (κ3) is 5.57. The van der Waals surface area contributed by atoms with Crippen LogP contribution in [0.25, 0.3) is 0 Å². The van der Waals surface area contributed by atoms with Gasteiger partial charge in [0.1, 0.15) is 0 Å². The van der Waals surface area contributed by atoms with Crippen LogP contribution in [0, 0.1) is 6.92 Å². The molecular weight excluding hydrogens is 514 g/mol. The van der Waals surface area contributed by atoms with Gasteiger partial charge in [0.25, 0.3) is 5.91 Å². The first-order chi connectivity index (χ1) is 19.7. The molecule has 0 radical (unpaired) electrons. The average Bonchev–Trinajstić information content (AvgIpc) is 2.97. The van der Waals surface area contributed by atoms with Crippen LogP contribution < -0.4 is 25.0 Å². The van der Waals surface area contributed by atoms with E-state index in [9.17, 15) is 9.59 Å². The summed E-state index contributed by atoms with van der Waals surface area (Å²) in [6.45, 7) is 3.92. The summed E-state index contributed by atoms with van der Waals surface area (Å²) in [5, 5.41) is 6.53. The van der Waals surface area contributed by atoms with Crippen LogP contribution in [-0.4, -0.2) is 40.0 Å². The van der Waals surface area contributed by atoms with E-state index in [0.29, 0.717) is 41.2 Å². The number of hydrogen-bond acceptors (Lipinski definition) is 6. The fourth-order valence-electron chi connectivity index (χ4n) is 5.82. The van der Waals surface area contributed by atoms with Crippen LogP contribution in [0.5, 0.6) is 11.5 Å². The Kier molecular flexibility index (Phi) is 7.88. The van der Waals surface area contributed by atoms with Gasteiger partial charge in [-0.2, -0.15) is 0 Å².